The van der Waals surface area contributed by atoms with Crippen molar-refractivity contribution in [1.82, 2.24) is 4.98 Å². The van der Waals surface area contributed by atoms with Crippen LogP contribution in [-0.2, 0) is 0 Å². The minimum atomic E-state index is 0.495. The molecule has 7 heavy (non-hydrogen) atoms. The summed E-state index contributed by atoms with van der Waals surface area (Å²) in [7, 11) is 5.19. The van der Waals surface area contributed by atoms with Crippen molar-refractivity contribution >= 4 is 36.4 Å². The molecule has 0 aromatic carbocycles. The van der Waals surface area contributed by atoms with Crippen molar-refractivity contribution in [3.05, 3.63) is 9.85 Å². The summed E-state index contributed by atoms with van der Waals surface area (Å²) in [5.74, 6) is 0. The van der Waals surface area contributed by atoms with Gasteiger partial charge in [-0.25, -0.2) is 4.98 Å². The third-order valence-corrected chi connectivity index (χ3v) is 1.49. The monoisotopic (exact) mass is 129 g/mol. The second kappa shape index (κ2) is 1.84. The van der Waals surface area contributed by atoms with E-state index in [9.17, 15) is 0 Å². The lowest BCUT2D eigenvalue weighted by Gasteiger charge is -1.69. The molecule has 0 aliphatic heterocycles. The van der Waals surface area contributed by atoms with Gasteiger partial charge < -0.3 is 0 Å². The standard InChI is InChI=1S/C3HBClNS/c4-2-1-7-3(5)6-2/h1H. The van der Waals surface area contributed by atoms with Crippen LogP contribution in [0.5, 0.6) is 0 Å². The van der Waals surface area contributed by atoms with Crippen molar-refractivity contribution in [2.45, 2.75) is 0 Å². The van der Waals surface area contributed by atoms with Crippen LogP contribution >= 0.6 is 22.9 Å². The molecule has 0 bridgehead atoms. The second-order valence-corrected chi connectivity index (χ2v) is 2.47. The maximum atomic E-state index is 5.39. The molecule has 2 radical (unpaired) electrons. The third-order valence-electron chi connectivity index (χ3n) is 0.494. The summed E-state index contributed by atoms with van der Waals surface area (Å²) in [5.41, 5.74) is 0.495. The summed E-state index contributed by atoms with van der Waals surface area (Å²) in [5, 5.41) is 1.70. The smallest absolute Gasteiger partial charge is 0.182 e. The van der Waals surface area contributed by atoms with Gasteiger partial charge in [0.15, 0.2) is 4.47 Å². The van der Waals surface area contributed by atoms with Gasteiger partial charge in [0.25, 0.3) is 0 Å². The molecule has 0 aliphatic rings. The zero-order valence-corrected chi connectivity index (χ0v) is 4.96. The van der Waals surface area contributed by atoms with Gasteiger partial charge in [-0.05, 0) is 5.59 Å². The highest BCUT2D eigenvalue weighted by molar-refractivity contribution is 7.14. The van der Waals surface area contributed by atoms with E-state index in [1.54, 1.807) is 5.38 Å². The van der Waals surface area contributed by atoms with E-state index in [0.29, 0.717) is 10.1 Å². The largest absolute Gasteiger partial charge is 0.242 e. The van der Waals surface area contributed by atoms with Gasteiger partial charge in [0.2, 0.25) is 0 Å². The lowest BCUT2D eigenvalue weighted by atomic mass is 10.1. The summed E-state index contributed by atoms with van der Waals surface area (Å²) < 4.78 is 0.498. The number of hydrogen-bond acceptors (Lipinski definition) is 2. The summed E-state index contributed by atoms with van der Waals surface area (Å²) >= 11 is 6.72. The van der Waals surface area contributed by atoms with E-state index < -0.39 is 0 Å². The lowest BCUT2D eigenvalue weighted by Crippen LogP contribution is -1.99. The van der Waals surface area contributed by atoms with Crippen LogP contribution in [0.4, 0.5) is 0 Å². The molecule has 0 amide bonds. The molecule has 0 aliphatic carbocycles. The average Bonchev–Trinajstić information content (AvgIpc) is 1.87. The van der Waals surface area contributed by atoms with Crippen molar-refractivity contribution in [3.8, 4) is 0 Å². The molecule has 0 saturated heterocycles. The molecule has 0 fully saturated rings. The molecule has 1 heterocycles. The van der Waals surface area contributed by atoms with Crippen molar-refractivity contribution < 1.29 is 0 Å². The lowest BCUT2D eigenvalue weighted by molar-refractivity contribution is 1.49. The van der Waals surface area contributed by atoms with Gasteiger partial charge in [-0.3, -0.25) is 0 Å². The Labute approximate surface area is 51.7 Å². The normalized spacial score (nSPS) is 9.29. The minimum absolute atomic E-state index is 0.495. The molecular formula is C3HBClNS. The van der Waals surface area contributed by atoms with Gasteiger partial charge >= 0.3 is 0 Å². The minimum Gasteiger partial charge on any atom is -0.242 e. The first-order chi connectivity index (χ1) is 3.29. The molecule has 0 unspecified atom stereocenters. The van der Waals surface area contributed by atoms with Crippen molar-refractivity contribution in [2.24, 2.45) is 0 Å². The Bertz CT molecular complexity index is 147. The third kappa shape index (κ3) is 1.18. The summed E-state index contributed by atoms with van der Waals surface area (Å²) in [6.07, 6.45) is 0. The van der Waals surface area contributed by atoms with Crippen LogP contribution < -0.4 is 5.59 Å². The van der Waals surface area contributed by atoms with E-state index in [4.69, 9.17) is 19.4 Å². The van der Waals surface area contributed by atoms with E-state index in [1.165, 1.54) is 11.3 Å². The molecule has 0 N–H and O–H groups in total. The fourth-order valence-electron chi connectivity index (χ4n) is 0.263. The Balaban J connectivity index is 3.04. The average molecular weight is 129 g/mol. The summed E-state index contributed by atoms with van der Waals surface area (Å²) in [6, 6.07) is 0. The highest BCUT2D eigenvalue weighted by Gasteiger charge is 1.88. The van der Waals surface area contributed by atoms with Crippen LogP contribution in [0.25, 0.3) is 0 Å². The van der Waals surface area contributed by atoms with Crippen LogP contribution in [0.1, 0.15) is 0 Å². The molecule has 1 rings (SSSR count). The summed E-state index contributed by atoms with van der Waals surface area (Å²) in [4.78, 5) is 3.67. The van der Waals surface area contributed by atoms with E-state index in [2.05, 4.69) is 4.98 Å². The first-order valence-electron chi connectivity index (χ1n) is 1.65. The number of halogens is 1. The van der Waals surface area contributed by atoms with Gasteiger partial charge in [0.1, 0.15) is 7.85 Å². The molecule has 1 aromatic heterocycles. The van der Waals surface area contributed by atoms with Crippen molar-refractivity contribution in [1.29, 1.82) is 0 Å². The predicted molar refractivity (Wildman–Crippen MR) is 32.5 cm³/mol. The summed E-state index contributed by atoms with van der Waals surface area (Å²) in [6.45, 7) is 0. The van der Waals surface area contributed by atoms with Crippen LogP contribution in [0.3, 0.4) is 0 Å². The van der Waals surface area contributed by atoms with Gasteiger partial charge in [-0.2, -0.15) is 0 Å². The first-order valence-corrected chi connectivity index (χ1v) is 2.91. The first kappa shape index (κ1) is 5.13. The Morgan fingerprint density at radius 1 is 1.86 bits per heavy atom. The van der Waals surface area contributed by atoms with Gasteiger partial charge in [0.05, 0.1) is 0 Å². The molecule has 4 heteroatoms. The number of nitrogens with zero attached hydrogens (tertiary/aromatic N) is 1. The molecule has 1 aromatic rings. The second-order valence-electron chi connectivity index (χ2n) is 1.03. The van der Waals surface area contributed by atoms with E-state index in [-0.39, 0.29) is 0 Å². The van der Waals surface area contributed by atoms with Crippen LogP contribution in [0.15, 0.2) is 5.38 Å². The van der Waals surface area contributed by atoms with Gasteiger partial charge in [0, 0.05) is 5.38 Å². The van der Waals surface area contributed by atoms with E-state index >= 15 is 0 Å². The topological polar surface area (TPSA) is 12.9 Å². The van der Waals surface area contributed by atoms with Crippen LogP contribution in [0.2, 0.25) is 4.47 Å². The van der Waals surface area contributed by atoms with Gasteiger partial charge in [-0.15, -0.1) is 11.3 Å². The quantitative estimate of drug-likeness (QED) is 0.467. The fourth-order valence-corrected chi connectivity index (χ4v) is 0.923. The Morgan fingerprint density at radius 2 is 2.57 bits per heavy atom. The van der Waals surface area contributed by atoms with Gasteiger partial charge in [-0.1, -0.05) is 11.6 Å². The number of hydrogen-bond donors (Lipinski definition) is 0. The van der Waals surface area contributed by atoms with Crippen molar-refractivity contribution in [2.75, 3.05) is 0 Å². The fraction of sp³-hybridized carbons (Fsp3) is 0. The number of aromatic nitrogens is 1. The van der Waals surface area contributed by atoms with Crippen molar-refractivity contribution in [3.63, 3.8) is 0 Å². The molecule has 0 saturated carbocycles. The Morgan fingerprint density at radius 3 is 2.71 bits per heavy atom. The van der Waals surface area contributed by atoms with E-state index in [0.717, 1.165) is 0 Å². The maximum Gasteiger partial charge on any atom is 0.182 e. The van der Waals surface area contributed by atoms with Crippen LogP contribution in [-0.4, -0.2) is 12.8 Å². The molecular weight excluding hydrogens is 128 g/mol. The molecule has 0 atom stereocenters. The highest BCUT2D eigenvalue weighted by atomic mass is 35.5. The zero-order chi connectivity index (χ0) is 5.28. The SMILES string of the molecule is [B]c1csc(Cl)n1. The highest BCUT2D eigenvalue weighted by Crippen LogP contribution is 2.07. The molecule has 1 nitrogen and oxygen atoms in total. The Hall–Kier alpha value is -0.0151. The zero-order valence-electron chi connectivity index (χ0n) is 3.39. The Kier molecular flexibility index (Phi) is 1.35. The van der Waals surface area contributed by atoms with E-state index in [1.807, 2.05) is 0 Å². The predicted octanol–water partition coefficient (Wildman–Crippen LogP) is 0.590. The van der Waals surface area contributed by atoms with Crippen LogP contribution in [0, 0.1) is 0 Å². The molecule has 0 spiro atoms. The molecule has 34 valence electrons. The number of thiazole rings is 1. The maximum absolute atomic E-state index is 5.39. The number of rotatable bonds is 0.